The number of thioether (sulfide) groups is 1. The molecule has 0 aliphatic heterocycles. The van der Waals surface area contributed by atoms with Crippen molar-refractivity contribution >= 4 is 17.7 Å². The second-order valence-corrected chi connectivity index (χ2v) is 2.42. The van der Waals surface area contributed by atoms with E-state index in [9.17, 15) is 4.79 Å². The Morgan fingerprint density at radius 1 is 1.70 bits per heavy atom. The van der Waals surface area contributed by atoms with Crippen molar-refractivity contribution in [1.82, 2.24) is 5.32 Å². The smallest absolute Gasteiger partial charge is 0.246 e. The fraction of sp³-hybridized carbons (Fsp3) is 0.500. The number of carbonyl (C=O) groups is 1. The van der Waals surface area contributed by atoms with Gasteiger partial charge in [-0.2, -0.15) is 11.8 Å². The van der Waals surface area contributed by atoms with Gasteiger partial charge in [0.25, 0.3) is 0 Å². The molecule has 0 atom stereocenters. The Hall–Kier alpha value is -0.220. The topological polar surface area (TPSA) is 38.3 Å². The van der Waals surface area contributed by atoms with Gasteiger partial charge < -0.3 is 10.1 Å². The largest absolute Gasteiger partial charge is 0.369 e. The summed E-state index contributed by atoms with van der Waals surface area (Å²) in [7, 11) is 3.08. The van der Waals surface area contributed by atoms with E-state index in [2.05, 4.69) is 23.4 Å². The molecule has 2 radical (unpaired) electrons. The first-order valence-electron chi connectivity index (χ1n) is 2.82. The van der Waals surface area contributed by atoms with Crippen LogP contribution in [0.2, 0.25) is 0 Å². The molecule has 1 N–H and O–H groups in total. The molecule has 0 spiro atoms. The molecule has 1 amide bonds. The summed E-state index contributed by atoms with van der Waals surface area (Å²) in [6, 6.07) is 0. The summed E-state index contributed by atoms with van der Waals surface area (Å²) in [5.74, 6) is 0.687. The summed E-state index contributed by atoms with van der Waals surface area (Å²) in [5, 5.41) is 2.62. The van der Waals surface area contributed by atoms with Crippen LogP contribution in [0.4, 0.5) is 0 Å². The fourth-order valence-corrected chi connectivity index (χ4v) is 0.653. The van der Waals surface area contributed by atoms with Crippen molar-refractivity contribution in [1.29, 1.82) is 0 Å². The molecule has 0 saturated carbocycles. The van der Waals surface area contributed by atoms with Crippen LogP contribution in [0.25, 0.3) is 0 Å². The summed E-state index contributed by atoms with van der Waals surface area (Å²) in [4.78, 5) is 10.6. The van der Waals surface area contributed by atoms with Crippen LogP contribution in [-0.2, 0) is 9.53 Å². The predicted molar refractivity (Wildman–Crippen MR) is 42.1 cm³/mol. The van der Waals surface area contributed by atoms with Crippen LogP contribution in [0.1, 0.15) is 0 Å². The van der Waals surface area contributed by atoms with Crippen LogP contribution in [0.5, 0.6) is 0 Å². The maximum Gasteiger partial charge on any atom is 0.246 e. The van der Waals surface area contributed by atoms with Crippen molar-refractivity contribution in [3.05, 3.63) is 13.4 Å². The molecule has 4 heteroatoms. The Morgan fingerprint density at radius 3 is 2.90 bits per heavy atom. The molecule has 58 valence electrons. The van der Waals surface area contributed by atoms with Gasteiger partial charge in [0.15, 0.2) is 0 Å². The summed E-state index contributed by atoms with van der Waals surface area (Å²) < 4.78 is 4.35. The molecule has 0 heterocycles. The molecule has 0 saturated heterocycles. The van der Waals surface area contributed by atoms with E-state index in [1.807, 2.05) is 0 Å². The SMILES string of the molecule is [CH2]OCC(=O)NCCS[CH2]. The number of carbonyl (C=O) groups excluding carboxylic acids is 1. The van der Waals surface area contributed by atoms with Crippen molar-refractivity contribution in [2.75, 3.05) is 18.9 Å². The standard InChI is InChI=1S/C6H11NO2S/c1-9-5-6(8)7-3-4-10-2/h1-5H2,(H,7,8). The lowest BCUT2D eigenvalue weighted by molar-refractivity contribution is -0.123. The van der Waals surface area contributed by atoms with Gasteiger partial charge in [-0.15, -0.1) is 0 Å². The molecule has 0 unspecified atom stereocenters. The van der Waals surface area contributed by atoms with Crippen molar-refractivity contribution in [2.45, 2.75) is 0 Å². The highest BCUT2D eigenvalue weighted by Crippen LogP contribution is 1.90. The van der Waals surface area contributed by atoms with Gasteiger partial charge in [0, 0.05) is 18.6 Å². The first kappa shape index (κ1) is 9.78. The molecule has 0 aromatic rings. The van der Waals surface area contributed by atoms with Crippen LogP contribution in [0, 0.1) is 13.4 Å². The van der Waals surface area contributed by atoms with Gasteiger partial charge in [-0.05, 0) is 0 Å². The first-order valence-corrected chi connectivity index (χ1v) is 3.97. The number of rotatable bonds is 5. The quantitative estimate of drug-likeness (QED) is 0.594. The van der Waals surface area contributed by atoms with E-state index < -0.39 is 0 Å². The van der Waals surface area contributed by atoms with E-state index in [0.29, 0.717) is 6.54 Å². The Bertz CT molecular complexity index is 97.7. The summed E-state index contributed by atoms with van der Waals surface area (Å²) in [6.45, 7) is 0.665. The van der Waals surface area contributed by atoms with Crippen LogP contribution in [0.3, 0.4) is 0 Å². The number of amides is 1. The Morgan fingerprint density at radius 2 is 2.40 bits per heavy atom. The molecule has 0 bridgehead atoms. The molecule has 0 rings (SSSR count). The second-order valence-electron chi connectivity index (χ2n) is 1.61. The highest BCUT2D eigenvalue weighted by Gasteiger charge is 1.96. The van der Waals surface area contributed by atoms with Gasteiger partial charge in [0.2, 0.25) is 5.91 Å². The van der Waals surface area contributed by atoms with E-state index >= 15 is 0 Å². The maximum absolute atomic E-state index is 10.6. The Labute approximate surface area is 65.5 Å². The van der Waals surface area contributed by atoms with E-state index in [1.165, 1.54) is 11.8 Å². The van der Waals surface area contributed by atoms with Gasteiger partial charge in [-0.1, -0.05) is 0 Å². The average Bonchev–Trinajstić information content (AvgIpc) is 1.89. The summed E-state index contributed by atoms with van der Waals surface area (Å²) in [6.07, 6.45) is 3.55. The highest BCUT2D eigenvalue weighted by molar-refractivity contribution is 8.00. The van der Waals surface area contributed by atoms with Gasteiger partial charge >= 0.3 is 0 Å². The summed E-state index contributed by atoms with van der Waals surface area (Å²) >= 11 is 1.44. The van der Waals surface area contributed by atoms with E-state index in [-0.39, 0.29) is 12.5 Å². The van der Waals surface area contributed by atoms with E-state index in [1.54, 1.807) is 0 Å². The molecule has 0 aromatic heterocycles. The van der Waals surface area contributed by atoms with Crippen LogP contribution in [-0.4, -0.2) is 24.8 Å². The lowest BCUT2D eigenvalue weighted by Crippen LogP contribution is -2.28. The number of hydrogen-bond acceptors (Lipinski definition) is 3. The zero-order valence-corrected chi connectivity index (χ0v) is 6.58. The van der Waals surface area contributed by atoms with Gasteiger partial charge in [0.1, 0.15) is 6.61 Å². The fourth-order valence-electron chi connectivity index (χ4n) is 0.406. The van der Waals surface area contributed by atoms with Crippen molar-refractivity contribution in [3.8, 4) is 0 Å². The van der Waals surface area contributed by atoms with Crippen molar-refractivity contribution in [2.24, 2.45) is 0 Å². The molecule has 3 nitrogen and oxygen atoms in total. The predicted octanol–water partition coefficient (Wildman–Crippen LogP) is 0.436. The minimum atomic E-state index is -0.135. The lowest BCUT2D eigenvalue weighted by Gasteiger charge is -2.01. The zero-order chi connectivity index (χ0) is 7.82. The number of ether oxygens (including phenoxy) is 1. The molecule has 0 aromatic carbocycles. The second kappa shape index (κ2) is 6.89. The van der Waals surface area contributed by atoms with E-state index in [4.69, 9.17) is 0 Å². The van der Waals surface area contributed by atoms with E-state index in [0.717, 1.165) is 5.75 Å². The monoisotopic (exact) mass is 161 g/mol. The minimum Gasteiger partial charge on any atom is -0.369 e. The highest BCUT2D eigenvalue weighted by atomic mass is 32.2. The third-order valence-corrected chi connectivity index (χ3v) is 1.29. The first-order chi connectivity index (χ1) is 4.81. The molecule has 0 aliphatic rings. The van der Waals surface area contributed by atoms with Crippen LogP contribution >= 0.6 is 11.8 Å². The van der Waals surface area contributed by atoms with Gasteiger partial charge in [-0.25, -0.2) is 0 Å². The van der Waals surface area contributed by atoms with Crippen LogP contribution in [0.15, 0.2) is 0 Å². The molecular weight excluding hydrogens is 150 g/mol. The van der Waals surface area contributed by atoms with Gasteiger partial charge in [0.05, 0.1) is 7.11 Å². The van der Waals surface area contributed by atoms with Crippen molar-refractivity contribution in [3.63, 3.8) is 0 Å². The van der Waals surface area contributed by atoms with Gasteiger partial charge in [-0.3, -0.25) is 4.79 Å². The molecule has 10 heavy (non-hydrogen) atoms. The normalized spacial score (nSPS) is 9.40. The Balaban J connectivity index is 3.05. The Kier molecular flexibility index (Phi) is 6.74. The third-order valence-electron chi connectivity index (χ3n) is 0.802. The summed E-state index contributed by atoms with van der Waals surface area (Å²) in [5.41, 5.74) is 0. The average molecular weight is 161 g/mol. The maximum atomic E-state index is 10.6. The van der Waals surface area contributed by atoms with Crippen molar-refractivity contribution < 1.29 is 9.53 Å². The zero-order valence-electron chi connectivity index (χ0n) is 5.76. The molecule has 0 aliphatic carbocycles. The third kappa shape index (κ3) is 5.91. The van der Waals surface area contributed by atoms with Crippen LogP contribution < -0.4 is 5.32 Å². The minimum absolute atomic E-state index is 0.0296. The number of nitrogens with one attached hydrogen (secondary N) is 1. The molecule has 0 fully saturated rings. The molecular formula is C6H11NO2S. The number of hydrogen-bond donors (Lipinski definition) is 1. The lowest BCUT2D eigenvalue weighted by atomic mass is 10.6.